The van der Waals surface area contributed by atoms with Gasteiger partial charge >= 0.3 is 6.03 Å². The summed E-state index contributed by atoms with van der Waals surface area (Å²) in [6.07, 6.45) is 3.22. The van der Waals surface area contributed by atoms with Gasteiger partial charge in [-0.2, -0.15) is 0 Å². The number of anilines is 1. The molecule has 1 atom stereocenters. The molecular weight excluding hydrogens is 264 g/mol. The van der Waals surface area contributed by atoms with Crippen molar-refractivity contribution in [1.82, 2.24) is 10.6 Å². The SMILES string of the molecule is NC(=O)Nc1sccc1C(=O)N[C@H]1CCCCNC1. The van der Waals surface area contributed by atoms with E-state index in [-0.39, 0.29) is 11.9 Å². The fourth-order valence-electron chi connectivity index (χ4n) is 2.10. The Morgan fingerprint density at radius 1 is 1.42 bits per heavy atom. The molecule has 19 heavy (non-hydrogen) atoms. The Balaban J connectivity index is 1.98. The Bertz CT molecular complexity index is 452. The van der Waals surface area contributed by atoms with Crippen molar-refractivity contribution in [3.8, 4) is 0 Å². The van der Waals surface area contributed by atoms with Gasteiger partial charge in [0.2, 0.25) is 0 Å². The second-order valence-corrected chi connectivity index (χ2v) is 5.44. The minimum absolute atomic E-state index is 0.135. The zero-order valence-corrected chi connectivity index (χ0v) is 11.4. The van der Waals surface area contributed by atoms with Gasteiger partial charge in [-0.3, -0.25) is 10.1 Å². The average Bonchev–Trinajstić information content (AvgIpc) is 2.65. The van der Waals surface area contributed by atoms with Crippen LogP contribution >= 0.6 is 11.3 Å². The standard InChI is InChI=1S/C12H18N4O2S/c13-12(18)16-11-9(4-6-19-11)10(17)15-8-3-1-2-5-14-7-8/h4,6,8,14H,1-3,5,7H2,(H,15,17)(H3,13,16,18)/t8-/m0/s1. The molecule has 1 aliphatic rings. The molecule has 3 amide bonds. The second kappa shape index (κ2) is 6.53. The monoisotopic (exact) mass is 282 g/mol. The van der Waals surface area contributed by atoms with Crippen molar-refractivity contribution in [2.45, 2.75) is 25.3 Å². The minimum Gasteiger partial charge on any atom is -0.351 e. The second-order valence-electron chi connectivity index (χ2n) is 4.52. The maximum Gasteiger partial charge on any atom is 0.317 e. The predicted molar refractivity (Wildman–Crippen MR) is 75.5 cm³/mol. The first-order chi connectivity index (χ1) is 9.16. The highest BCUT2D eigenvalue weighted by molar-refractivity contribution is 7.14. The van der Waals surface area contributed by atoms with Crippen molar-refractivity contribution >= 4 is 28.3 Å². The van der Waals surface area contributed by atoms with Gasteiger partial charge in [-0.25, -0.2) is 4.79 Å². The zero-order chi connectivity index (χ0) is 13.7. The normalized spacial score (nSPS) is 19.5. The Labute approximate surface area is 115 Å². The van der Waals surface area contributed by atoms with Crippen molar-refractivity contribution in [2.24, 2.45) is 5.73 Å². The molecule has 104 valence electrons. The number of rotatable bonds is 3. The lowest BCUT2D eigenvalue weighted by atomic mass is 10.1. The van der Waals surface area contributed by atoms with Gasteiger partial charge in [0, 0.05) is 12.6 Å². The van der Waals surface area contributed by atoms with E-state index in [0.717, 1.165) is 32.4 Å². The van der Waals surface area contributed by atoms with E-state index in [0.29, 0.717) is 10.6 Å². The van der Waals surface area contributed by atoms with E-state index in [2.05, 4.69) is 16.0 Å². The molecule has 0 unspecified atom stereocenters. The van der Waals surface area contributed by atoms with Crippen LogP contribution in [0.3, 0.4) is 0 Å². The molecule has 1 aliphatic heterocycles. The lowest BCUT2D eigenvalue weighted by Crippen LogP contribution is -2.41. The molecule has 1 aromatic heterocycles. The van der Waals surface area contributed by atoms with Crippen LogP contribution in [0.2, 0.25) is 0 Å². The first-order valence-electron chi connectivity index (χ1n) is 6.32. The Hall–Kier alpha value is -1.60. The number of amides is 3. The molecule has 0 aromatic carbocycles. The number of thiophene rings is 1. The molecule has 0 radical (unpaired) electrons. The van der Waals surface area contributed by atoms with Gasteiger partial charge in [0.1, 0.15) is 5.00 Å². The maximum atomic E-state index is 12.2. The van der Waals surface area contributed by atoms with Crippen LogP contribution in [0.25, 0.3) is 0 Å². The molecule has 6 nitrogen and oxygen atoms in total. The summed E-state index contributed by atoms with van der Waals surface area (Å²) in [6.45, 7) is 1.79. The fraction of sp³-hybridized carbons (Fsp3) is 0.500. The lowest BCUT2D eigenvalue weighted by Gasteiger charge is -2.16. The number of urea groups is 1. The number of hydrogen-bond donors (Lipinski definition) is 4. The van der Waals surface area contributed by atoms with Crippen LogP contribution in [0.15, 0.2) is 11.4 Å². The summed E-state index contributed by atoms with van der Waals surface area (Å²) in [5.74, 6) is -0.168. The largest absolute Gasteiger partial charge is 0.351 e. The Morgan fingerprint density at radius 2 is 2.26 bits per heavy atom. The number of hydrogen-bond acceptors (Lipinski definition) is 4. The molecule has 7 heteroatoms. The molecule has 1 saturated heterocycles. The Kier molecular flexibility index (Phi) is 4.75. The molecule has 0 spiro atoms. The third-order valence-corrected chi connectivity index (χ3v) is 3.86. The molecule has 2 heterocycles. The summed E-state index contributed by atoms with van der Waals surface area (Å²) < 4.78 is 0. The molecule has 0 aliphatic carbocycles. The van der Waals surface area contributed by atoms with Crippen molar-refractivity contribution in [1.29, 1.82) is 0 Å². The first kappa shape index (κ1) is 13.8. The summed E-state index contributed by atoms with van der Waals surface area (Å²) in [7, 11) is 0. The third kappa shape index (κ3) is 3.93. The van der Waals surface area contributed by atoms with Crippen LogP contribution in [-0.4, -0.2) is 31.1 Å². The topological polar surface area (TPSA) is 96.2 Å². The van der Waals surface area contributed by atoms with Crippen LogP contribution < -0.4 is 21.7 Å². The zero-order valence-electron chi connectivity index (χ0n) is 10.6. The van der Waals surface area contributed by atoms with E-state index in [1.54, 1.807) is 11.4 Å². The predicted octanol–water partition coefficient (Wildman–Crippen LogP) is 1.11. The third-order valence-electron chi connectivity index (χ3n) is 3.03. The van der Waals surface area contributed by atoms with E-state index in [4.69, 9.17) is 5.73 Å². The van der Waals surface area contributed by atoms with Gasteiger partial charge in [0.05, 0.1) is 5.56 Å². The van der Waals surface area contributed by atoms with Gasteiger partial charge < -0.3 is 16.4 Å². The van der Waals surface area contributed by atoms with Crippen LogP contribution in [0.1, 0.15) is 29.6 Å². The van der Waals surface area contributed by atoms with Crippen LogP contribution in [0.4, 0.5) is 9.80 Å². The maximum absolute atomic E-state index is 12.2. The number of primary amides is 1. The van der Waals surface area contributed by atoms with Crippen LogP contribution in [0.5, 0.6) is 0 Å². The Morgan fingerprint density at radius 3 is 3.05 bits per heavy atom. The van der Waals surface area contributed by atoms with E-state index in [1.165, 1.54) is 11.3 Å². The van der Waals surface area contributed by atoms with Crippen molar-refractivity contribution < 1.29 is 9.59 Å². The van der Waals surface area contributed by atoms with Gasteiger partial charge in [0.15, 0.2) is 0 Å². The molecular formula is C12H18N4O2S. The minimum atomic E-state index is -0.660. The number of carbonyl (C=O) groups is 2. The summed E-state index contributed by atoms with van der Waals surface area (Å²) in [5.41, 5.74) is 5.54. The molecule has 0 saturated carbocycles. The van der Waals surface area contributed by atoms with Gasteiger partial charge in [-0.15, -0.1) is 11.3 Å². The van der Waals surface area contributed by atoms with E-state index in [9.17, 15) is 9.59 Å². The van der Waals surface area contributed by atoms with Crippen molar-refractivity contribution in [3.05, 3.63) is 17.0 Å². The smallest absolute Gasteiger partial charge is 0.317 e. The summed E-state index contributed by atoms with van der Waals surface area (Å²) in [6, 6.07) is 1.17. The van der Waals surface area contributed by atoms with Gasteiger partial charge in [-0.05, 0) is 30.8 Å². The highest BCUT2D eigenvalue weighted by atomic mass is 32.1. The number of nitrogens with two attached hydrogens (primary N) is 1. The lowest BCUT2D eigenvalue weighted by molar-refractivity contribution is 0.0937. The van der Waals surface area contributed by atoms with Crippen molar-refractivity contribution in [2.75, 3.05) is 18.4 Å². The molecule has 1 aromatic rings. The molecule has 1 fully saturated rings. The van der Waals surface area contributed by atoms with Crippen molar-refractivity contribution in [3.63, 3.8) is 0 Å². The van der Waals surface area contributed by atoms with E-state index in [1.807, 2.05) is 0 Å². The molecule has 5 N–H and O–H groups in total. The summed E-state index contributed by atoms with van der Waals surface area (Å²) in [4.78, 5) is 23.0. The van der Waals surface area contributed by atoms with Gasteiger partial charge in [-0.1, -0.05) is 6.42 Å². The van der Waals surface area contributed by atoms with E-state index < -0.39 is 6.03 Å². The first-order valence-corrected chi connectivity index (χ1v) is 7.20. The van der Waals surface area contributed by atoms with E-state index >= 15 is 0 Å². The highest BCUT2D eigenvalue weighted by Crippen LogP contribution is 2.23. The van der Waals surface area contributed by atoms with Crippen LogP contribution in [0, 0.1) is 0 Å². The highest BCUT2D eigenvalue weighted by Gasteiger charge is 2.18. The molecule has 2 rings (SSSR count). The average molecular weight is 282 g/mol. The summed E-state index contributed by atoms with van der Waals surface area (Å²) >= 11 is 1.28. The van der Waals surface area contributed by atoms with Gasteiger partial charge in [0.25, 0.3) is 5.91 Å². The summed E-state index contributed by atoms with van der Waals surface area (Å²) in [5, 5.41) is 11.0. The molecule has 0 bridgehead atoms. The quantitative estimate of drug-likeness (QED) is 0.668. The van der Waals surface area contributed by atoms with Crippen LogP contribution in [-0.2, 0) is 0 Å². The number of nitrogens with one attached hydrogen (secondary N) is 3. The fourth-order valence-corrected chi connectivity index (χ4v) is 2.89. The number of carbonyl (C=O) groups excluding carboxylic acids is 2.